The Kier molecular flexibility index (Phi) is 9.86. The molecule has 0 bridgehead atoms. The third kappa shape index (κ3) is 6.27. The van der Waals surface area contributed by atoms with Gasteiger partial charge in [-0.25, -0.2) is 0 Å². The number of carboxylic acid groups (broad SMARTS) is 2. The first-order valence-electron chi connectivity index (χ1n) is 17.1. The largest absolute Gasteiger partial charge is 0.481 e. The molecule has 0 amide bonds. The SMILES string of the molecule is C=C(CC[C@@H](CO)[C@H]1CC[C@@]2(C)C3=C(CC[C@]12C)[C@@]1(C)CC[C@H](OC(=O)C[C@@](C)(O)CC(=O)O)C(C)(C)[C@@H]1CC3)[C@H](C)C(=O)O. The average Bonchev–Trinajstić information content (AvgIpc) is 3.20. The van der Waals surface area contributed by atoms with Crippen molar-refractivity contribution < 1.29 is 39.5 Å². The summed E-state index contributed by atoms with van der Waals surface area (Å²) in [6.45, 7) is 19.0. The van der Waals surface area contributed by atoms with Gasteiger partial charge in [-0.2, -0.15) is 0 Å². The summed E-state index contributed by atoms with van der Waals surface area (Å²) in [6, 6.07) is 0. The van der Waals surface area contributed by atoms with E-state index in [-0.39, 0.29) is 46.7 Å². The van der Waals surface area contributed by atoms with Crippen LogP contribution < -0.4 is 0 Å². The van der Waals surface area contributed by atoms with E-state index >= 15 is 0 Å². The van der Waals surface area contributed by atoms with Crippen LogP contribution >= 0.6 is 0 Å². The molecule has 0 aromatic rings. The van der Waals surface area contributed by atoms with Crippen LogP contribution in [0.5, 0.6) is 0 Å². The molecule has 4 N–H and O–H groups in total. The highest BCUT2D eigenvalue weighted by atomic mass is 16.5. The molecule has 4 aliphatic rings. The van der Waals surface area contributed by atoms with Crippen molar-refractivity contribution in [3.8, 4) is 0 Å². The van der Waals surface area contributed by atoms with Crippen molar-refractivity contribution in [2.45, 2.75) is 137 Å². The van der Waals surface area contributed by atoms with Gasteiger partial charge in [0, 0.05) is 12.0 Å². The highest BCUT2D eigenvalue weighted by Crippen LogP contribution is 2.72. The molecule has 0 aromatic carbocycles. The minimum Gasteiger partial charge on any atom is -0.481 e. The third-order valence-corrected chi connectivity index (χ3v) is 13.7. The van der Waals surface area contributed by atoms with Gasteiger partial charge in [0.2, 0.25) is 0 Å². The summed E-state index contributed by atoms with van der Waals surface area (Å²) in [4.78, 5) is 35.5. The highest BCUT2D eigenvalue weighted by molar-refractivity contribution is 5.74. The molecule has 0 aromatic heterocycles. The number of hydrogen-bond donors (Lipinski definition) is 4. The molecule has 45 heavy (non-hydrogen) atoms. The maximum absolute atomic E-state index is 12.9. The molecule has 0 aliphatic heterocycles. The first-order chi connectivity index (χ1) is 20.7. The zero-order valence-electron chi connectivity index (χ0n) is 28.7. The van der Waals surface area contributed by atoms with Gasteiger partial charge < -0.3 is 25.2 Å². The summed E-state index contributed by atoms with van der Waals surface area (Å²) >= 11 is 0. The van der Waals surface area contributed by atoms with Gasteiger partial charge in [0.15, 0.2) is 0 Å². The summed E-state index contributed by atoms with van der Waals surface area (Å²) in [5.41, 5.74) is 2.11. The van der Waals surface area contributed by atoms with E-state index in [1.807, 2.05) is 0 Å². The van der Waals surface area contributed by atoms with Gasteiger partial charge in [0.05, 0.1) is 24.4 Å². The summed E-state index contributed by atoms with van der Waals surface area (Å²) < 4.78 is 6.01. The average molecular weight is 631 g/mol. The molecule has 0 spiro atoms. The summed E-state index contributed by atoms with van der Waals surface area (Å²) in [6.07, 6.45) is 8.16. The van der Waals surface area contributed by atoms with E-state index < -0.39 is 35.8 Å². The molecule has 9 atom stereocenters. The number of aliphatic carboxylic acids is 2. The quantitative estimate of drug-likeness (QED) is 0.134. The van der Waals surface area contributed by atoms with E-state index in [2.05, 4.69) is 41.2 Å². The van der Waals surface area contributed by atoms with Gasteiger partial charge >= 0.3 is 17.9 Å². The Morgan fingerprint density at radius 3 is 2.24 bits per heavy atom. The van der Waals surface area contributed by atoms with Crippen molar-refractivity contribution in [1.82, 2.24) is 0 Å². The standard InChI is InChI=1S/C37H58O8/c1-22(23(2)32(42)43)9-10-24(21-38)25-13-17-37(8)27-11-12-28-33(3,4)29(45-31(41)20-34(5,44)19-30(39)40)15-16-35(28,6)26(27)14-18-36(25,37)7/h23-25,28-29,38,44H,1,9-21H2,2-8H3,(H,39,40)(H,42,43)/t23-,24-,25+,28-,29-,34-,35+,36+,37-/m0/s1. The smallest absolute Gasteiger partial charge is 0.310 e. The highest BCUT2D eigenvalue weighted by Gasteiger charge is 2.64. The third-order valence-electron chi connectivity index (χ3n) is 13.7. The van der Waals surface area contributed by atoms with Gasteiger partial charge in [-0.3, -0.25) is 14.4 Å². The lowest BCUT2D eigenvalue weighted by Crippen LogP contribution is -2.56. The van der Waals surface area contributed by atoms with Crippen LogP contribution in [0.1, 0.15) is 126 Å². The Hall–Kier alpha value is -2.19. The maximum atomic E-state index is 12.9. The number of carbonyl (C=O) groups is 3. The van der Waals surface area contributed by atoms with Crippen molar-refractivity contribution in [3.63, 3.8) is 0 Å². The number of fused-ring (bicyclic) bond motifs is 4. The van der Waals surface area contributed by atoms with E-state index in [1.54, 1.807) is 18.1 Å². The van der Waals surface area contributed by atoms with Crippen LogP contribution in [0, 0.1) is 45.3 Å². The normalized spacial score (nSPS) is 36.5. The molecule has 0 radical (unpaired) electrons. The number of carboxylic acids is 2. The van der Waals surface area contributed by atoms with E-state index in [1.165, 1.54) is 6.92 Å². The number of carbonyl (C=O) groups excluding carboxylic acids is 1. The predicted molar refractivity (Wildman–Crippen MR) is 172 cm³/mol. The zero-order valence-corrected chi connectivity index (χ0v) is 28.7. The van der Waals surface area contributed by atoms with Crippen LogP contribution in [0.25, 0.3) is 0 Å². The first-order valence-corrected chi connectivity index (χ1v) is 17.1. The molecule has 0 unspecified atom stereocenters. The molecule has 8 nitrogen and oxygen atoms in total. The van der Waals surface area contributed by atoms with Gasteiger partial charge in [-0.1, -0.05) is 57.9 Å². The number of allylic oxidation sites excluding steroid dienone is 2. The minimum atomic E-state index is -1.65. The number of hydrogen-bond acceptors (Lipinski definition) is 6. The molecule has 4 rings (SSSR count). The van der Waals surface area contributed by atoms with Crippen LogP contribution in [-0.2, 0) is 19.1 Å². The minimum absolute atomic E-state index is 0.00168. The lowest BCUT2D eigenvalue weighted by atomic mass is 9.43. The number of aliphatic hydroxyl groups is 2. The van der Waals surface area contributed by atoms with Gasteiger partial charge in [0.25, 0.3) is 0 Å². The zero-order chi connectivity index (χ0) is 33.8. The van der Waals surface area contributed by atoms with E-state index in [0.29, 0.717) is 18.3 Å². The Balaban J connectivity index is 1.53. The molecular formula is C37H58O8. The monoisotopic (exact) mass is 630 g/mol. The Bertz CT molecular complexity index is 1230. The summed E-state index contributed by atoms with van der Waals surface area (Å²) in [7, 11) is 0. The maximum Gasteiger partial charge on any atom is 0.310 e. The van der Waals surface area contributed by atoms with Crippen LogP contribution in [0.2, 0.25) is 0 Å². The van der Waals surface area contributed by atoms with Crippen molar-refractivity contribution in [1.29, 1.82) is 0 Å². The first kappa shape index (κ1) is 35.7. The Labute approximate surface area is 269 Å². The number of esters is 1. The Morgan fingerprint density at radius 2 is 1.64 bits per heavy atom. The number of ether oxygens (including phenoxy) is 1. The lowest BCUT2D eigenvalue weighted by Gasteiger charge is -2.62. The van der Waals surface area contributed by atoms with Crippen LogP contribution in [0.3, 0.4) is 0 Å². The van der Waals surface area contributed by atoms with Gasteiger partial charge in [-0.15, -0.1) is 0 Å². The number of aliphatic hydroxyl groups excluding tert-OH is 1. The summed E-state index contributed by atoms with van der Waals surface area (Å²) in [5, 5.41) is 39.5. The summed E-state index contributed by atoms with van der Waals surface area (Å²) in [5.74, 6) is -2.32. The molecule has 2 saturated carbocycles. The van der Waals surface area contributed by atoms with Crippen molar-refractivity contribution in [2.24, 2.45) is 45.3 Å². The molecule has 254 valence electrons. The topological polar surface area (TPSA) is 141 Å². The fourth-order valence-electron chi connectivity index (χ4n) is 10.8. The van der Waals surface area contributed by atoms with Crippen molar-refractivity contribution >= 4 is 17.9 Å². The van der Waals surface area contributed by atoms with Crippen LogP contribution in [-0.4, -0.2) is 56.6 Å². The molecule has 2 fully saturated rings. The molecule has 0 saturated heterocycles. The second-order valence-corrected chi connectivity index (χ2v) is 16.6. The predicted octanol–water partition coefficient (Wildman–Crippen LogP) is 6.93. The molecule has 8 heteroatoms. The van der Waals surface area contributed by atoms with Crippen LogP contribution in [0.15, 0.2) is 23.3 Å². The van der Waals surface area contributed by atoms with Crippen LogP contribution in [0.4, 0.5) is 0 Å². The number of rotatable bonds is 12. The molecular weight excluding hydrogens is 572 g/mol. The van der Waals surface area contributed by atoms with Crippen molar-refractivity contribution in [3.05, 3.63) is 23.3 Å². The Morgan fingerprint density at radius 1 is 0.978 bits per heavy atom. The van der Waals surface area contributed by atoms with E-state index in [9.17, 15) is 29.7 Å². The molecule has 0 heterocycles. The molecule has 4 aliphatic carbocycles. The fraction of sp³-hybridized carbons (Fsp3) is 0.811. The van der Waals surface area contributed by atoms with Gasteiger partial charge in [-0.05, 0) is 112 Å². The van der Waals surface area contributed by atoms with E-state index in [0.717, 1.165) is 63.4 Å². The van der Waals surface area contributed by atoms with E-state index in [4.69, 9.17) is 9.84 Å². The van der Waals surface area contributed by atoms with Gasteiger partial charge in [0.1, 0.15) is 6.10 Å². The second-order valence-electron chi connectivity index (χ2n) is 16.6. The lowest BCUT2D eigenvalue weighted by molar-refractivity contribution is -0.174. The fourth-order valence-corrected chi connectivity index (χ4v) is 10.8. The van der Waals surface area contributed by atoms with Crippen molar-refractivity contribution in [2.75, 3.05) is 6.61 Å². The second kappa shape index (κ2) is 12.4.